The Bertz CT molecular complexity index is 9450. The molecule has 0 saturated heterocycles. The van der Waals surface area contributed by atoms with E-state index in [0.717, 1.165) is 79.6 Å². The standard InChI is InChI=1S/C45H28N2S.C41H28N2S.C40H26N2S/c1-2-12-30(13-3-1)45-46-39-19-9-10-20-40(39)47(45)32-25-22-29(23-26-32)43-35-15-4-6-17-37(35)44(38-18-7-5-16-36(38)43)31-24-27-34-33-14-8-11-21-41(33)48-42(34)28-31;1-2-39-42-35-16-8-9-17-36(35)43(39)28-22-19-26(20-23-28)40-31-12-3-5-14-33(31)41(34-15-6-4-13-32(34)40)27-21-24-30-29-11-7-10-18-37(29)44-38(30)25-27;1-25-41-35-15-7-8-16-36(35)42(25)28-21-18-26(19-22-28)39-31-11-2-4-13-33(31)40(34-14-5-3-12-32(34)39)27-20-23-30-29-10-6-9-17-37(29)43-38(30)24-27/h1-28H;3-25H,2H2,1H3;2-24H,1H3. The minimum absolute atomic E-state index is 0.875. The highest BCUT2D eigenvalue weighted by Gasteiger charge is 2.25. The van der Waals surface area contributed by atoms with Crippen molar-refractivity contribution in [3.63, 3.8) is 0 Å². The topological polar surface area (TPSA) is 53.5 Å². The fourth-order valence-corrected chi connectivity index (χ4v) is 24.8. The lowest BCUT2D eigenvalue weighted by molar-refractivity contribution is 0.908. The first-order chi connectivity index (χ1) is 66.8. The molecule has 0 aliphatic heterocycles. The summed E-state index contributed by atoms with van der Waals surface area (Å²) in [7, 11) is 0. The van der Waals surface area contributed by atoms with E-state index in [0.29, 0.717) is 0 Å². The molecule has 6 nitrogen and oxygen atoms in total. The Morgan fingerprint density at radius 2 is 0.437 bits per heavy atom. The fourth-order valence-electron chi connectivity index (χ4n) is 21.4. The fraction of sp³-hybridized carbons (Fsp3) is 0.0238. The van der Waals surface area contributed by atoms with E-state index in [1.54, 1.807) is 0 Å². The van der Waals surface area contributed by atoms with Crippen LogP contribution in [0.25, 0.3) is 253 Å². The van der Waals surface area contributed by atoms with Crippen LogP contribution < -0.4 is 0 Å². The van der Waals surface area contributed by atoms with Gasteiger partial charge in [-0.25, -0.2) is 15.0 Å². The summed E-state index contributed by atoms with van der Waals surface area (Å²) in [5, 5.41) is 23.2. The van der Waals surface area contributed by atoms with Crippen LogP contribution in [0, 0.1) is 6.92 Å². The molecule has 0 saturated carbocycles. The third-order valence-electron chi connectivity index (χ3n) is 27.3. The van der Waals surface area contributed by atoms with Gasteiger partial charge in [0.1, 0.15) is 17.5 Å². The number of aromatic nitrogens is 6. The normalized spacial score (nSPS) is 11.8. The molecule has 6 aromatic heterocycles. The van der Waals surface area contributed by atoms with Gasteiger partial charge in [0.15, 0.2) is 0 Å². The van der Waals surface area contributed by atoms with E-state index in [-0.39, 0.29) is 0 Å². The van der Waals surface area contributed by atoms with Crippen molar-refractivity contribution in [2.75, 3.05) is 0 Å². The molecule has 0 bridgehead atoms. The zero-order chi connectivity index (χ0) is 89.3. The second-order valence-corrected chi connectivity index (χ2v) is 38.2. The summed E-state index contributed by atoms with van der Waals surface area (Å²) in [5.41, 5.74) is 26.0. The highest BCUT2D eigenvalue weighted by molar-refractivity contribution is 7.26. The van der Waals surface area contributed by atoms with Gasteiger partial charge in [-0.3, -0.25) is 13.7 Å². The quantitative estimate of drug-likeness (QED) is 0.121. The highest BCUT2D eigenvalue weighted by atomic mass is 32.1. The first-order valence-electron chi connectivity index (χ1n) is 46.2. The number of hydrogen-bond acceptors (Lipinski definition) is 6. The van der Waals surface area contributed by atoms with Crippen molar-refractivity contribution < 1.29 is 0 Å². The maximum Gasteiger partial charge on any atom is 0.145 e. The molecule has 6 heterocycles. The van der Waals surface area contributed by atoms with E-state index in [9.17, 15) is 0 Å². The number of hydrogen-bond donors (Lipinski definition) is 0. The molecule has 22 aromatic carbocycles. The van der Waals surface area contributed by atoms with Gasteiger partial charge in [-0.05, 0) is 248 Å². The van der Waals surface area contributed by atoms with Crippen LogP contribution >= 0.6 is 34.0 Å². The van der Waals surface area contributed by atoms with Crippen LogP contribution in [-0.2, 0) is 6.42 Å². The van der Waals surface area contributed by atoms with Gasteiger partial charge in [-0.15, -0.1) is 34.0 Å². The average molecular weight is 1780 g/mol. The molecule has 0 unspecified atom stereocenters. The van der Waals surface area contributed by atoms with Crippen LogP contribution in [0.15, 0.2) is 449 Å². The van der Waals surface area contributed by atoms with Crippen LogP contribution in [0.5, 0.6) is 0 Å². The van der Waals surface area contributed by atoms with Crippen LogP contribution in [0.2, 0.25) is 0 Å². The number of benzene rings is 22. The third-order valence-corrected chi connectivity index (χ3v) is 30.7. The minimum Gasteiger partial charge on any atom is -0.297 e. The first kappa shape index (κ1) is 79.4. The second-order valence-electron chi connectivity index (χ2n) is 34.9. The van der Waals surface area contributed by atoms with E-state index in [1.165, 1.54) is 192 Å². The molecule has 0 fully saturated rings. The van der Waals surface area contributed by atoms with E-state index < -0.39 is 0 Å². The number of nitrogens with zero attached hydrogens (tertiary/aromatic N) is 6. The van der Waals surface area contributed by atoms with Gasteiger partial charge >= 0.3 is 0 Å². The van der Waals surface area contributed by atoms with Gasteiger partial charge in [0.05, 0.1) is 33.1 Å². The Morgan fingerprint density at radius 3 is 0.778 bits per heavy atom. The lowest BCUT2D eigenvalue weighted by atomic mass is 9.86. The molecule has 28 rings (SSSR count). The first-order valence-corrected chi connectivity index (χ1v) is 48.6. The molecule has 634 valence electrons. The highest BCUT2D eigenvalue weighted by Crippen LogP contribution is 2.51. The monoisotopic (exact) mass is 1770 g/mol. The van der Waals surface area contributed by atoms with Gasteiger partial charge in [0, 0.05) is 89.6 Å². The smallest absolute Gasteiger partial charge is 0.145 e. The number of aryl methyl sites for hydroxylation is 2. The number of imidazole rings is 3. The van der Waals surface area contributed by atoms with Crippen molar-refractivity contribution in [2.45, 2.75) is 20.3 Å². The molecule has 28 aromatic rings. The molecule has 0 radical (unpaired) electrons. The zero-order valence-corrected chi connectivity index (χ0v) is 76.3. The van der Waals surface area contributed by atoms with Crippen molar-refractivity contribution in [2.24, 2.45) is 0 Å². The zero-order valence-electron chi connectivity index (χ0n) is 73.8. The van der Waals surface area contributed by atoms with Crippen molar-refractivity contribution in [3.8, 4) is 95.2 Å². The summed E-state index contributed by atoms with van der Waals surface area (Å²) in [6, 6.07) is 163. The summed E-state index contributed by atoms with van der Waals surface area (Å²) in [5.74, 6) is 3.01. The van der Waals surface area contributed by atoms with E-state index in [2.05, 4.69) is 464 Å². The number of thiophene rings is 3. The summed E-state index contributed by atoms with van der Waals surface area (Å²) in [6.45, 7) is 4.24. The molecule has 0 aliphatic carbocycles. The lowest BCUT2D eigenvalue weighted by Gasteiger charge is -2.18. The van der Waals surface area contributed by atoms with Crippen LogP contribution in [0.4, 0.5) is 0 Å². The van der Waals surface area contributed by atoms with Gasteiger partial charge < -0.3 is 0 Å². The number of fused-ring (bicyclic) bond motifs is 18. The Labute approximate surface area is 790 Å². The van der Waals surface area contributed by atoms with Gasteiger partial charge in [0.25, 0.3) is 0 Å². The van der Waals surface area contributed by atoms with E-state index in [4.69, 9.17) is 15.0 Å². The third kappa shape index (κ3) is 13.4. The Morgan fingerprint density at radius 1 is 0.193 bits per heavy atom. The van der Waals surface area contributed by atoms with Gasteiger partial charge in [0.2, 0.25) is 0 Å². The second kappa shape index (κ2) is 32.8. The summed E-state index contributed by atoms with van der Waals surface area (Å²) < 4.78 is 14.8. The van der Waals surface area contributed by atoms with Crippen LogP contribution in [0.1, 0.15) is 18.6 Å². The number of rotatable bonds is 11. The summed E-state index contributed by atoms with van der Waals surface area (Å²) >= 11 is 5.63. The predicted molar refractivity (Wildman–Crippen MR) is 579 cm³/mol. The molecule has 0 amide bonds. The van der Waals surface area contributed by atoms with Crippen molar-refractivity contribution in [1.82, 2.24) is 28.7 Å². The van der Waals surface area contributed by atoms with Crippen LogP contribution in [0.3, 0.4) is 0 Å². The molecule has 0 spiro atoms. The number of para-hydroxylation sites is 6. The van der Waals surface area contributed by atoms with E-state index >= 15 is 0 Å². The van der Waals surface area contributed by atoms with E-state index in [1.807, 2.05) is 46.1 Å². The lowest BCUT2D eigenvalue weighted by Crippen LogP contribution is -2.00. The molecular formula is C126H82N6S3. The molecular weight excluding hydrogens is 1690 g/mol. The molecule has 0 atom stereocenters. The van der Waals surface area contributed by atoms with Gasteiger partial charge in [-0.2, -0.15) is 0 Å². The van der Waals surface area contributed by atoms with Crippen molar-refractivity contribution >= 4 is 192 Å². The van der Waals surface area contributed by atoms with Crippen molar-refractivity contribution in [1.29, 1.82) is 0 Å². The maximum atomic E-state index is 5.06. The predicted octanol–water partition coefficient (Wildman–Crippen LogP) is 35.6. The Kier molecular flexibility index (Phi) is 19.3. The minimum atomic E-state index is 0.875. The maximum absolute atomic E-state index is 5.06. The van der Waals surface area contributed by atoms with Crippen molar-refractivity contribution in [3.05, 3.63) is 461 Å². The summed E-state index contributed by atoms with van der Waals surface area (Å²) in [4.78, 5) is 14.7. The summed E-state index contributed by atoms with van der Waals surface area (Å²) in [6.07, 6.45) is 0.875. The largest absolute Gasteiger partial charge is 0.297 e. The molecule has 0 aliphatic rings. The SMILES string of the molecule is CCc1nc2ccccc2n1-c1ccc(-c2c3ccccc3c(-c3ccc4c(c3)sc3ccccc34)c3ccccc23)cc1.Cc1nc2ccccc2n1-c1ccc(-c2c3ccccc3c(-c3ccc4c(c3)sc3ccccc34)c3ccccc23)cc1.c1ccc(-c2nc3ccccc3n2-c2ccc(-c3c4ccccc4c(-c4ccc5c(c4)sc4ccccc45)c4ccccc34)cc2)cc1. The Hall–Kier alpha value is -16.5. The molecule has 0 N–H and O–H groups in total. The molecule has 9 heteroatoms. The van der Waals surface area contributed by atoms with Crippen LogP contribution in [-0.4, -0.2) is 28.7 Å². The Balaban J connectivity index is 0.000000106. The average Bonchev–Trinajstić information content (AvgIpc) is 1.17. The molecule has 135 heavy (non-hydrogen) atoms. The van der Waals surface area contributed by atoms with Gasteiger partial charge in [-0.1, -0.05) is 347 Å².